The highest BCUT2D eigenvalue weighted by atomic mass is 32.2. The normalized spacial score (nSPS) is 11.6. The monoisotopic (exact) mass is 292 g/mol. The number of nitrogens with one attached hydrogen (secondary N) is 2. The number of hydrogen-bond acceptors (Lipinski definition) is 4. The molecule has 0 saturated carbocycles. The van der Waals surface area contributed by atoms with Crippen molar-refractivity contribution in [2.45, 2.75) is 18.5 Å². The van der Waals surface area contributed by atoms with Gasteiger partial charge in [0.25, 0.3) is 0 Å². The number of rotatable bonds is 8. The van der Waals surface area contributed by atoms with Crippen molar-refractivity contribution in [3.8, 4) is 0 Å². The molecule has 1 aromatic carbocycles. The molecule has 20 heavy (non-hydrogen) atoms. The van der Waals surface area contributed by atoms with Gasteiger partial charge in [-0.25, -0.2) is 4.98 Å². The first-order valence-electron chi connectivity index (χ1n) is 7.10. The summed E-state index contributed by atoms with van der Waals surface area (Å²) in [6.07, 6.45) is 1.20. The third-order valence-corrected chi connectivity index (χ3v) is 3.97. The number of imidazole rings is 1. The first-order valence-corrected chi connectivity index (χ1v) is 8.08. The van der Waals surface area contributed by atoms with E-state index in [4.69, 9.17) is 0 Å². The van der Waals surface area contributed by atoms with Gasteiger partial charge in [0.2, 0.25) is 0 Å². The van der Waals surface area contributed by atoms with Gasteiger partial charge < -0.3 is 15.2 Å². The summed E-state index contributed by atoms with van der Waals surface area (Å²) in [7, 11) is 4.22. The largest absolute Gasteiger partial charge is 0.333 e. The van der Waals surface area contributed by atoms with Crippen molar-refractivity contribution in [1.29, 1.82) is 0 Å². The van der Waals surface area contributed by atoms with E-state index in [1.165, 1.54) is 12.0 Å². The predicted molar refractivity (Wildman–Crippen MR) is 87.6 cm³/mol. The van der Waals surface area contributed by atoms with Crippen LogP contribution in [0.2, 0.25) is 0 Å². The van der Waals surface area contributed by atoms with Crippen LogP contribution >= 0.6 is 11.8 Å². The van der Waals surface area contributed by atoms with E-state index in [2.05, 4.69) is 59.4 Å². The number of H-pyrrole nitrogens is 1. The second-order valence-electron chi connectivity index (χ2n) is 5.32. The van der Waals surface area contributed by atoms with Gasteiger partial charge in [-0.3, -0.25) is 0 Å². The molecule has 2 aromatic rings. The minimum absolute atomic E-state index is 1.01. The Labute approximate surface area is 125 Å². The van der Waals surface area contributed by atoms with E-state index in [-0.39, 0.29) is 0 Å². The summed E-state index contributed by atoms with van der Waals surface area (Å²) >= 11 is 1.78. The number of aromatic amines is 1. The molecule has 0 bridgehead atoms. The van der Waals surface area contributed by atoms with Crippen LogP contribution < -0.4 is 5.32 Å². The van der Waals surface area contributed by atoms with Crippen LogP contribution in [0.5, 0.6) is 0 Å². The molecule has 0 radical (unpaired) electrons. The summed E-state index contributed by atoms with van der Waals surface area (Å²) in [6.45, 7) is 5.35. The quantitative estimate of drug-likeness (QED) is 0.579. The third kappa shape index (κ3) is 4.81. The fraction of sp³-hybridized carbons (Fsp3) is 0.533. The Balaban J connectivity index is 1.68. The second kappa shape index (κ2) is 7.67. The first kappa shape index (κ1) is 15.4. The van der Waals surface area contributed by atoms with Gasteiger partial charge >= 0.3 is 0 Å². The molecule has 0 aliphatic rings. The molecule has 0 aliphatic carbocycles. The number of aryl methyl sites for hydroxylation is 1. The van der Waals surface area contributed by atoms with Crippen LogP contribution in [0.3, 0.4) is 0 Å². The lowest BCUT2D eigenvalue weighted by molar-refractivity contribution is 0.396. The first-order chi connectivity index (χ1) is 9.65. The lowest BCUT2D eigenvalue weighted by Crippen LogP contribution is -2.23. The highest BCUT2D eigenvalue weighted by Gasteiger charge is 2.03. The number of nitrogens with zero attached hydrogens (tertiary/aromatic N) is 2. The average molecular weight is 292 g/mol. The molecule has 0 saturated heterocycles. The van der Waals surface area contributed by atoms with Crippen LogP contribution in [0, 0.1) is 6.92 Å². The maximum absolute atomic E-state index is 4.58. The van der Waals surface area contributed by atoms with Gasteiger partial charge in [-0.2, -0.15) is 0 Å². The van der Waals surface area contributed by atoms with Gasteiger partial charge in [0.1, 0.15) is 0 Å². The molecule has 0 unspecified atom stereocenters. The Morgan fingerprint density at radius 3 is 2.95 bits per heavy atom. The Hall–Kier alpha value is -1.04. The molecular formula is C15H24N4S. The minimum atomic E-state index is 1.01. The van der Waals surface area contributed by atoms with E-state index < -0.39 is 0 Å². The predicted octanol–water partition coefficient (Wildman–Crippen LogP) is 2.50. The Bertz CT molecular complexity index is 536. The standard InChI is InChI=1S/C15H24N4S/c1-12-5-6-13-14(11-12)18-15(17-13)20-10-8-16-7-4-9-19(2)3/h5-6,11,16H,4,7-10H2,1-3H3,(H,17,18). The molecule has 0 amide bonds. The van der Waals surface area contributed by atoms with E-state index in [1.54, 1.807) is 11.8 Å². The fourth-order valence-corrected chi connectivity index (χ4v) is 2.82. The zero-order valence-corrected chi connectivity index (χ0v) is 13.4. The summed E-state index contributed by atoms with van der Waals surface area (Å²) in [5.41, 5.74) is 3.45. The average Bonchev–Trinajstić information content (AvgIpc) is 2.79. The summed E-state index contributed by atoms with van der Waals surface area (Å²) in [5.74, 6) is 1.04. The van der Waals surface area contributed by atoms with Crippen molar-refractivity contribution in [3.05, 3.63) is 23.8 Å². The molecular weight excluding hydrogens is 268 g/mol. The summed E-state index contributed by atoms with van der Waals surface area (Å²) in [5, 5.41) is 4.48. The lowest BCUT2D eigenvalue weighted by Gasteiger charge is -2.09. The zero-order chi connectivity index (χ0) is 14.4. The molecule has 5 heteroatoms. The molecule has 4 nitrogen and oxygen atoms in total. The maximum Gasteiger partial charge on any atom is 0.166 e. The van der Waals surface area contributed by atoms with Crippen LogP contribution in [0.15, 0.2) is 23.4 Å². The number of thioether (sulfide) groups is 1. The summed E-state index contributed by atoms with van der Waals surface area (Å²) < 4.78 is 0. The molecule has 0 aliphatic heterocycles. The van der Waals surface area contributed by atoms with Gasteiger partial charge in [0, 0.05) is 12.3 Å². The molecule has 0 fully saturated rings. The number of hydrogen-bond donors (Lipinski definition) is 2. The van der Waals surface area contributed by atoms with Crippen LogP contribution in [0.25, 0.3) is 11.0 Å². The maximum atomic E-state index is 4.58. The molecule has 1 aromatic heterocycles. The molecule has 0 spiro atoms. The van der Waals surface area contributed by atoms with E-state index >= 15 is 0 Å². The van der Waals surface area contributed by atoms with E-state index in [0.29, 0.717) is 0 Å². The smallest absolute Gasteiger partial charge is 0.166 e. The van der Waals surface area contributed by atoms with Crippen molar-refractivity contribution < 1.29 is 0 Å². The topological polar surface area (TPSA) is 44.0 Å². The SMILES string of the molecule is Cc1ccc2nc(SCCNCCCN(C)C)[nH]c2c1. The van der Waals surface area contributed by atoms with Gasteiger partial charge in [-0.15, -0.1) is 0 Å². The summed E-state index contributed by atoms with van der Waals surface area (Å²) in [6, 6.07) is 6.32. The molecule has 2 N–H and O–H groups in total. The van der Waals surface area contributed by atoms with Gasteiger partial charge in [-0.05, 0) is 58.2 Å². The minimum Gasteiger partial charge on any atom is -0.333 e. The molecule has 110 valence electrons. The van der Waals surface area contributed by atoms with Crippen LogP contribution in [0.1, 0.15) is 12.0 Å². The van der Waals surface area contributed by atoms with Crippen molar-refractivity contribution in [1.82, 2.24) is 20.2 Å². The molecule has 1 heterocycles. The number of fused-ring (bicyclic) bond motifs is 1. The van der Waals surface area contributed by atoms with Gasteiger partial charge in [-0.1, -0.05) is 17.8 Å². The zero-order valence-electron chi connectivity index (χ0n) is 12.6. The third-order valence-electron chi connectivity index (χ3n) is 3.09. The molecule has 2 rings (SSSR count). The van der Waals surface area contributed by atoms with E-state index in [0.717, 1.165) is 41.6 Å². The fourth-order valence-electron chi connectivity index (χ4n) is 2.03. The lowest BCUT2D eigenvalue weighted by atomic mass is 10.2. The number of aromatic nitrogens is 2. The second-order valence-corrected chi connectivity index (χ2v) is 6.40. The summed E-state index contributed by atoms with van der Waals surface area (Å²) in [4.78, 5) is 10.2. The highest BCUT2D eigenvalue weighted by Crippen LogP contribution is 2.19. The number of benzene rings is 1. The van der Waals surface area contributed by atoms with Crippen LogP contribution in [-0.2, 0) is 0 Å². The van der Waals surface area contributed by atoms with Crippen molar-refractivity contribution in [2.24, 2.45) is 0 Å². The van der Waals surface area contributed by atoms with Crippen molar-refractivity contribution >= 4 is 22.8 Å². The highest BCUT2D eigenvalue weighted by molar-refractivity contribution is 7.99. The van der Waals surface area contributed by atoms with Gasteiger partial charge in [0.05, 0.1) is 11.0 Å². The van der Waals surface area contributed by atoms with Crippen LogP contribution in [-0.4, -0.2) is 54.4 Å². The van der Waals surface area contributed by atoms with E-state index in [9.17, 15) is 0 Å². The van der Waals surface area contributed by atoms with Gasteiger partial charge in [0.15, 0.2) is 5.16 Å². The Kier molecular flexibility index (Phi) is 5.88. The van der Waals surface area contributed by atoms with Crippen molar-refractivity contribution in [3.63, 3.8) is 0 Å². The van der Waals surface area contributed by atoms with Crippen molar-refractivity contribution in [2.75, 3.05) is 39.5 Å². The van der Waals surface area contributed by atoms with E-state index in [1.807, 2.05) is 0 Å². The van der Waals surface area contributed by atoms with Crippen LogP contribution in [0.4, 0.5) is 0 Å². The molecule has 0 atom stereocenters. The Morgan fingerprint density at radius 2 is 2.15 bits per heavy atom. The Morgan fingerprint density at radius 1 is 1.30 bits per heavy atom.